The summed E-state index contributed by atoms with van der Waals surface area (Å²) < 4.78 is 4.93. The van der Waals surface area contributed by atoms with Gasteiger partial charge in [0.1, 0.15) is 5.82 Å². The zero-order valence-corrected chi connectivity index (χ0v) is 10.8. The van der Waals surface area contributed by atoms with Crippen molar-refractivity contribution < 1.29 is 9.53 Å². The van der Waals surface area contributed by atoms with E-state index in [1.807, 2.05) is 6.92 Å². The van der Waals surface area contributed by atoms with E-state index in [4.69, 9.17) is 16.3 Å². The van der Waals surface area contributed by atoms with Gasteiger partial charge in [0, 0.05) is 26.4 Å². The molecule has 0 aliphatic rings. The molecule has 2 N–H and O–H groups in total. The number of ether oxygens (including phenoxy) is 1. The lowest BCUT2D eigenvalue weighted by Gasteiger charge is -2.13. The van der Waals surface area contributed by atoms with Crippen LogP contribution < -0.4 is 10.6 Å². The van der Waals surface area contributed by atoms with Gasteiger partial charge in [0.15, 0.2) is 0 Å². The van der Waals surface area contributed by atoms with E-state index in [0.29, 0.717) is 23.0 Å². The van der Waals surface area contributed by atoms with Crippen molar-refractivity contribution >= 4 is 23.3 Å². The minimum absolute atomic E-state index is 0.0600. The van der Waals surface area contributed by atoms with Crippen molar-refractivity contribution in [3.63, 3.8) is 0 Å². The first-order chi connectivity index (χ1) is 8.08. The van der Waals surface area contributed by atoms with Crippen LogP contribution in [0.2, 0.25) is 5.02 Å². The molecule has 0 radical (unpaired) electrons. The second kappa shape index (κ2) is 6.42. The lowest BCUT2D eigenvalue weighted by Crippen LogP contribution is -2.35. The molecule has 1 unspecified atom stereocenters. The second-order valence-electron chi connectivity index (χ2n) is 3.63. The van der Waals surface area contributed by atoms with E-state index in [1.165, 1.54) is 6.20 Å². The number of hydrogen-bond donors (Lipinski definition) is 2. The number of anilines is 1. The van der Waals surface area contributed by atoms with Crippen LogP contribution in [0, 0.1) is 0 Å². The van der Waals surface area contributed by atoms with Crippen LogP contribution in [0.1, 0.15) is 17.3 Å². The molecule has 1 aromatic rings. The molecule has 0 saturated heterocycles. The summed E-state index contributed by atoms with van der Waals surface area (Å²) in [6.07, 6.45) is 1.48. The highest BCUT2D eigenvalue weighted by molar-refractivity contribution is 6.33. The molecule has 0 fully saturated rings. The zero-order valence-electron chi connectivity index (χ0n) is 10.1. The van der Waals surface area contributed by atoms with Crippen LogP contribution >= 0.6 is 11.6 Å². The molecule has 0 aliphatic heterocycles. The van der Waals surface area contributed by atoms with Gasteiger partial charge in [-0.25, -0.2) is 4.98 Å². The van der Waals surface area contributed by atoms with Crippen LogP contribution in [-0.2, 0) is 4.74 Å². The average Bonchev–Trinajstić information content (AvgIpc) is 2.29. The maximum atomic E-state index is 11.8. The lowest BCUT2D eigenvalue weighted by atomic mass is 10.2. The Balaban J connectivity index is 2.72. The van der Waals surface area contributed by atoms with Gasteiger partial charge in [-0.3, -0.25) is 4.79 Å². The van der Waals surface area contributed by atoms with Gasteiger partial charge in [-0.1, -0.05) is 11.6 Å². The van der Waals surface area contributed by atoms with Crippen LogP contribution in [-0.4, -0.2) is 37.7 Å². The summed E-state index contributed by atoms with van der Waals surface area (Å²) in [6, 6.07) is 1.52. The van der Waals surface area contributed by atoms with Crippen molar-refractivity contribution in [2.24, 2.45) is 0 Å². The molecular weight excluding hydrogens is 242 g/mol. The van der Waals surface area contributed by atoms with E-state index in [1.54, 1.807) is 20.2 Å². The minimum atomic E-state index is -0.216. The molecule has 0 spiro atoms. The predicted octanol–water partition coefficient (Wildman–Crippen LogP) is 1.54. The van der Waals surface area contributed by atoms with Crippen molar-refractivity contribution in [1.29, 1.82) is 0 Å². The third kappa shape index (κ3) is 3.87. The maximum absolute atomic E-state index is 11.8. The molecule has 94 valence electrons. The number of halogens is 1. The van der Waals surface area contributed by atoms with Crippen LogP contribution in [0.5, 0.6) is 0 Å². The van der Waals surface area contributed by atoms with Gasteiger partial charge >= 0.3 is 0 Å². The van der Waals surface area contributed by atoms with Crippen molar-refractivity contribution in [3.05, 3.63) is 22.8 Å². The summed E-state index contributed by atoms with van der Waals surface area (Å²) in [7, 11) is 3.30. The van der Waals surface area contributed by atoms with E-state index < -0.39 is 0 Å². The SMILES string of the molecule is CNc1ncc(C(=O)NC(C)COC)cc1Cl. The quantitative estimate of drug-likeness (QED) is 0.840. The number of carbonyl (C=O) groups is 1. The molecular formula is C11H16ClN3O2. The number of nitrogens with one attached hydrogen (secondary N) is 2. The highest BCUT2D eigenvalue weighted by atomic mass is 35.5. The van der Waals surface area contributed by atoms with Gasteiger partial charge in [0.05, 0.1) is 17.2 Å². The molecule has 0 aromatic carbocycles. The number of nitrogens with zero attached hydrogens (tertiary/aromatic N) is 1. The minimum Gasteiger partial charge on any atom is -0.383 e. The second-order valence-corrected chi connectivity index (χ2v) is 4.04. The Bertz CT molecular complexity index is 398. The predicted molar refractivity (Wildman–Crippen MR) is 67.6 cm³/mol. The molecule has 1 heterocycles. The van der Waals surface area contributed by atoms with Crippen molar-refractivity contribution in [3.8, 4) is 0 Å². The Morgan fingerprint density at radius 3 is 2.88 bits per heavy atom. The zero-order chi connectivity index (χ0) is 12.8. The number of aromatic nitrogens is 1. The molecule has 1 rings (SSSR count). The Morgan fingerprint density at radius 1 is 1.65 bits per heavy atom. The monoisotopic (exact) mass is 257 g/mol. The van der Waals surface area contributed by atoms with Gasteiger partial charge in [0.25, 0.3) is 5.91 Å². The van der Waals surface area contributed by atoms with Gasteiger partial charge in [-0.2, -0.15) is 0 Å². The topological polar surface area (TPSA) is 63.2 Å². The molecule has 5 nitrogen and oxygen atoms in total. The fourth-order valence-electron chi connectivity index (χ4n) is 1.34. The Labute approximate surface area is 106 Å². The standard InChI is InChI=1S/C11H16ClN3O2/c1-7(6-17-3)15-11(16)8-4-9(12)10(13-2)14-5-8/h4-5,7H,6H2,1-3H3,(H,13,14)(H,15,16). The molecule has 1 atom stereocenters. The molecule has 17 heavy (non-hydrogen) atoms. The van der Waals surface area contributed by atoms with Gasteiger partial charge in [-0.05, 0) is 13.0 Å². The van der Waals surface area contributed by atoms with Crippen molar-refractivity contribution in [2.75, 3.05) is 26.1 Å². The molecule has 1 amide bonds. The molecule has 0 bridgehead atoms. The fraction of sp³-hybridized carbons (Fsp3) is 0.455. The normalized spacial score (nSPS) is 12.0. The first-order valence-electron chi connectivity index (χ1n) is 5.21. The van der Waals surface area contributed by atoms with Gasteiger partial charge in [-0.15, -0.1) is 0 Å². The van der Waals surface area contributed by atoms with E-state index in [9.17, 15) is 4.79 Å². The Kier molecular flexibility index (Phi) is 5.18. The molecule has 0 aliphatic carbocycles. The van der Waals surface area contributed by atoms with E-state index in [0.717, 1.165) is 0 Å². The summed E-state index contributed by atoms with van der Waals surface area (Å²) in [6.45, 7) is 2.32. The highest BCUT2D eigenvalue weighted by Gasteiger charge is 2.11. The maximum Gasteiger partial charge on any atom is 0.253 e. The molecule has 1 aromatic heterocycles. The van der Waals surface area contributed by atoms with Gasteiger partial charge < -0.3 is 15.4 Å². The number of carbonyl (C=O) groups excluding carboxylic acids is 1. The van der Waals surface area contributed by atoms with Gasteiger partial charge in [0.2, 0.25) is 0 Å². The average molecular weight is 258 g/mol. The van der Waals surface area contributed by atoms with Crippen LogP contribution in [0.4, 0.5) is 5.82 Å². The van der Waals surface area contributed by atoms with E-state index in [-0.39, 0.29) is 11.9 Å². The first-order valence-corrected chi connectivity index (χ1v) is 5.59. The Hall–Kier alpha value is -1.33. The number of pyridine rings is 1. The third-order valence-corrected chi connectivity index (χ3v) is 2.42. The van der Waals surface area contributed by atoms with E-state index >= 15 is 0 Å². The van der Waals surface area contributed by atoms with Crippen molar-refractivity contribution in [2.45, 2.75) is 13.0 Å². The number of rotatable bonds is 5. The third-order valence-electron chi connectivity index (χ3n) is 2.13. The first kappa shape index (κ1) is 13.7. The summed E-state index contributed by atoms with van der Waals surface area (Å²) in [5.74, 6) is 0.333. The smallest absolute Gasteiger partial charge is 0.253 e. The number of amides is 1. The Morgan fingerprint density at radius 2 is 2.35 bits per heavy atom. The van der Waals surface area contributed by atoms with Crippen LogP contribution in [0.3, 0.4) is 0 Å². The largest absolute Gasteiger partial charge is 0.383 e. The summed E-state index contributed by atoms with van der Waals surface area (Å²) in [5.41, 5.74) is 0.428. The van der Waals surface area contributed by atoms with E-state index in [2.05, 4.69) is 15.6 Å². The molecule has 0 saturated carbocycles. The fourth-order valence-corrected chi connectivity index (χ4v) is 1.61. The summed E-state index contributed by atoms with van der Waals surface area (Å²) in [5, 5.41) is 6.02. The van der Waals surface area contributed by atoms with Crippen LogP contribution in [0.15, 0.2) is 12.3 Å². The van der Waals surface area contributed by atoms with Crippen molar-refractivity contribution in [1.82, 2.24) is 10.3 Å². The summed E-state index contributed by atoms with van der Waals surface area (Å²) >= 11 is 5.94. The summed E-state index contributed by atoms with van der Waals surface area (Å²) in [4.78, 5) is 15.8. The molecule has 6 heteroatoms. The van der Waals surface area contributed by atoms with Crippen LogP contribution in [0.25, 0.3) is 0 Å². The lowest BCUT2D eigenvalue weighted by molar-refractivity contribution is 0.0905. The number of methoxy groups -OCH3 is 1. The highest BCUT2D eigenvalue weighted by Crippen LogP contribution is 2.19. The number of hydrogen-bond acceptors (Lipinski definition) is 4.